The molecule has 1 amide bonds. The van der Waals surface area contributed by atoms with Crippen molar-refractivity contribution in [3.63, 3.8) is 0 Å². The number of para-hydroxylation sites is 1. The molecule has 4 rings (SSSR count). The van der Waals surface area contributed by atoms with Gasteiger partial charge in [-0.3, -0.25) is 4.79 Å². The number of fused-ring (bicyclic) bond motifs is 1. The molecule has 126 valence electrons. The maximum absolute atomic E-state index is 12.6. The van der Waals surface area contributed by atoms with Gasteiger partial charge in [0, 0.05) is 17.8 Å². The Morgan fingerprint density at radius 3 is 2.83 bits per heavy atom. The summed E-state index contributed by atoms with van der Waals surface area (Å²) in [5.74, 6) is 1.36. The molecule has 1 aliphatic heterocycles. The summed E-state index contributed by atoms with van der Waals surface area (Å²) in [5.41, 5.74) is 1.97. The maximum Gasteiger partial charge on any atom is 0.242 e. The molecular weight excluding hydrogens is 300 g/mol. The Labute approximate surface area is 142 Å². The first kappa shape index (κ1) is 15.4. The minimum absolute atomic E-state index is 0.0470. The van der Waals surface area contributed by atoms with Crippen molar-refractivity contribution < 1.29 is 4.79 Å². The summed E-state index contributed by atoms with van der Waals surface area (Å²) in [4.78, 5) is 12.6. The summed E-state index contributed by atoms with van der Waals surface area (Å²) in [5, 5.41) is 11.1. The fraction of sp³-hybridized carbons (Fsp3) is 0.474. The van der Waals surface area contributed by atoms with E-state index in [0.717, 1.165) is 17.7 Å². The molecule has 0 bridgehead atoms. The van der Waals surface area contributed by atoms with Crippen LogP contribution in [0.2, 0.25) is 0 Å². The molecule has 2 aromatic rings. The number of amides is 1. The number of hydrogen-bond donors (Lipinski definition) is 2. The van der Waals surface area contributed by atoms with E-state index in [1.165, 1.54) is 25.7 Å². The highest BCUT2D eigenvalue weighted by Gasteiger charge is 2.38. The van der Waals surface area contributed by atoms with E-state index in [9.17, 15) is 4.79 Å². The van der Waals surface area contributed by atoms with Crippen LogP contribution >= 0.6 is 0 Å². The van der Waals surface area contributed by atoms with E-state index in [2.05, 4.69) is 15.7 Å². The van der Waals surface area contributed by atoms with Crippen LogP contribution in [0.15, 0.2) is 36.5 Å². The van der Waals surface area contributed by atoms with Crippen molar-refractivity contribution in [3.05, 3.63) is 42.1 Å². The van der Waals surface area contributed by atoms with Gasteiger partial charge in [-0.05, 0) is 44.2 Å². The molecule has 5 heteroatoms. The van der Waals surface area contributed by atoms with Gasteiger partial charge in [-0.25, -0.2) is 4.68 Å². The first-order chi connectivity index (χ1) is 11.7. The third-order valence-electron chi connectivity index (χ3n) is 5.34. The summed E-state index contributed by atoms with van der Waals surface area (Å²) in [7, 11) is 0. The molecule has 2 heterocycles. The molecule has 1 aromatic heterocycles. The molecule has 2 aliphatic rings. The summed E-state index contributed by atoms with van der Waals surface area (Å²) >= 11 is 0. The monoisotopic (exact) mass is 324 g/mol. The Morgan fingerprint density at radius 2 is 2.04 bits per heavy atom. The number of nitrogens with zero attached hydrogens (tertiary/aromatic N) is 2. The third kappa shape index (κ3) is 2.96. The lowest BCUT2D eigenvalue weighted by Crippen LogP contribution is -2.40. The fourth-order valence-electron chi connectivity index (χ4n) is 4.02. The van der Waals surface area contributed by atoms with Crippen LogP contribution in [-0.4, -0.2) is 27.8 Å². The Morgan fingerprint density at radius 1 is 1.25 bits per heavy atom. The Bertz CT molecular complexity index is 710. The molecule has 1 aliphatic carbocycles. The van der Waals surface area contributed by atoms with E-state index in [1.807, 2.05) is 48.1 Å². The molecule has 0 spiro atoms. The van der Waals surface area contributed by atoms with Gasteiger partial charge in [0.25, 0.3) is 0 Å². The normalized spacial score (nSPS) is 26.1. The molecule has 2 N–H and O–H groups in total. The first-order valence-corrected chi connectivity index (χ1v) is 8.89. The second-order valence-electron chi connectivity index (χ2n) is 7.04. The quantitative estimate of drug-likeness (QED) is 0.912. The summed E-state index contributed by atoms with van der Waals surface area (Å²) in [6.45, 7) is 1.98. The highest BCUT2D eigenvalue weighted by Crippen LogP contribution is 2.33. The van der Waals surface area contributed by atoms with E-state index < -0.39 is 0 Å². The zero-order valence-electron chi connectivity index (χ0n) is 14.0. The van der Waals surface area contributed by atoms with Gasteiger partial charge in [-0.2, -0.15) is 0 Å². The molecule has 0 unspecified atom stereocenters. The van der Waals surface area contributed by atoms with Gasteiger partial charge in [0.1, 0.15) is 0 Å². The predicted molar refractivity (Wildman–Crippen MR) is 94.2 cm³/mol. The lowest BCUT2D eigenvalue weighted by atomic mass is 9.85. The minimum Gasteiger partial charge on any atom is -0.308 e. The number of aryl methyl sites for hydroxylation is 1. The van der Waals surface area contributed by atoms with Gasteiger partial charge in [-0.1, -0.05) is 31.0 Å². The molecule has 3 atom stereocenters. The number of aromatic nitrogens is 2. The largest absolute Gasteiger partial charge is 0.308 e. The van der Waals surface area contributed by atoms with Crippen LogP contribution in [0.3, 0.4) is 0 Å². The first-order valence-electron chi connectivity index (χ1n) is 8.89. The van der Waals surface area contributed by atoms with Gasteiger partial charge in [0.15, 0.2) is 5.82 Å². The second-order valence-corrected chi connectivity index (χ2v) is 7.04. The Kier molecular flexibility index (Phi) is 4.10. The second kappa shape index (κ2) is 6.40. The molecule has 1 saturated carbocycles. The van der Waals surface area contributed by atoms with Crippen LogP contribution in [-0.2, 0) is 4.79 Å². The highest BCUT2D eigenvalue weighted by molar-refractivity contribution is 5.94. The van der Waals surface area contributed by atoms with Crippen LogP contribution in [0.1, 0.15) is 37.7 Å². The van der Waals surface area contributed by atoms with Crippen LogP contribution in [0, 0.1) is 12.8 Å². The van der Waals surface area contributed by atoms with Crippen molar-refractivity contribution in [2.24, 2.45) is 5.92 Å². The third-order valence-corrected chi connectivity index (χ3v) is 5.34. The van der Waals surface area contributed by atoms with E-state index in [0.29, 0.717) is 17.8 Å². The number of anilines is 1. The lowest BCUT2D eigenvalue weighted by molar-refractivity contribution is -0.117. The summed E-state index contributed by atoms with van der Waals surface area (Å²) in [6.07, 6.45) is 7.95. The zero-order chi connectivity index (χ0) is 16.5. The Hall–Kier alpha value is -2.14. The van der Waals surface area contributed by atoms with Crippen molar-refractivity contribution >= 4 is 11.7 Å². The molecule has 1 aromatic carbocycles. The smallest absolute Gasteiger partial charge is 0.242 e. The van der Waals surface area contributed by atoms with E-state index in [1.54, 1.807) is 0 Å². The van der Waals surface area contributed by atoms with Crippen LogP contribution in [0.25, 0.3) is 5.69 Å². The van der Waals surface area contributed by atoms with Crippen molar-refractivity contribution in [2.45, 2.75) is 51.1 Å². The minimum atomic E-state index is -0.0839. The number of benzene rings is 1. The summed E-state index contributed by atoms with van der Waals surface area (Å²) < 4.78 is 1.81. The SMILES string of the molecule is Cc1cn(-c2ccccc2)nc1NC(=O)[C@@H]1C[C@@H]2CCCC[C@@H]2N1. The van der Waals surface area contributed by atoms with Gasteiger partial charge in [0.05, 0.1) is 11.7 Å². The standard InChI is InChI=1S/C19H24N4O/c1-13-12-23(15-8-3-2-4-9-15)22-18(13)21-19(24)17-11-14-7-5-6-10-16(14)20-17/h2-4,8-9,12,14,16-17,20H,5-7,10-11H2,1H3,(H,21,22,24)/t14-,16-,17-/m0/s1. The van der Waals surface area contributed by atoms with Crippen LogP contribution in [0.5, 0.6) is 0 Å². The van der Waals surface area contributed by atoms with E-state index >= 15 is 0 Å². The lowest BCUT2D eigenvalue weighted by Gasteiger charge is -2.24. The zero-order valence-corrected chi connectivity index (χ0v) is 14.0. The van der Waals surface area contributed by atoms with Crippen LogP contribution < -0.4 is 10.6 Å². The topological polar surface area (TPSA) is 59.0 Å². The molecular formula is C19H24N4O. The van der Waals surface area contributed by atoms with Crippen molar-refractivity contribution in [1.82, 2.24) is 15.1 Å². The van der Waals surface area contributed by atoms with Crippen LogP contribution in [0.4, 0.5) is 5.82 Å². The average molecular weight is 324 g/mol. The number of hydrogen-bond acceptors (Lipinski definition) is 3. The van der Waals surface area contributed by atoms with Gasteiger partial charge in [0.2, 0.25) is 5.91 Å². The van der Waals surface area contributed by atoms with Crippen molar-refractivity contribution in [1.29, 1.82) is 0 Å². The maximum atomic E-state index is 12.6. The number of carbonyl (C=O) groups excluding carboxylic acids is 1. The van der Waals surface area contributed by atoms with Gasteiger partial charge >= 0.3 is 0 Å². The highest BCUT2D eigenvalue weighted by atomic mass is 16.2. The molecule has 5 nitrogen and oxygen atoms in total. The molecule has 24 heavy (non-hydrogen) atoms. The number of nitrogens with one attached hydrogen (secondary N) is 2. The van der Waals surface area contributed by atoms with Crippen molar-refractivity contribution in [3.8, 4) is 5.69 Å². The van der Waals surface area contributed by atoms with Gasteiger partial charge < -0.3 is 10.6 Å². The number of rotatable bonds is 3. The van der Waals surface area contributed by atoms with Gasteiger partial charge in [-0.15, -0.1) is 5.10 Å². The molecule has 2 fully saturated rings. The Balaban J connectivity index is 1.46. The summed E-state index contributed by atoms with van der Waals surface area (Å²) in [6, 6.07) is 10.4. The molecule has 1 saturated heterocycles. The predicted octanol–water partition coefficient (Wildman–Crippen LogP) is 3.04. The van der Waals surface area contributed by atoms with E-state index in [-0.39, 0.29) is 11.9 Å². The van der Waals surface area contributed by atoms with Crippen molar-refractivity contribution in [2.75, 3.05) is 5.32 Å². The number of carbonyl (C=O) groups is 1. The van der Waals surface area contributed by atoms with E-state index in [4.69, 9.17) is 0 Å². The molecule has 0 radical (unpaired) electrons. The fourth-order valence-corrected chi connectivity index (χ4v) is 4.02. The average Bonchev–Trinajstić information content (AvgIpc) is 3.20.